The third kappa shape index (κ3) is 4.76. The highest BCUT2D eigenvalue weighted by Gasteiger charge is 2.76. The molecule has 0 saturated heterocycles. The Morgan fingerprint density at radius 2 is 1.39 bits per heavy atom. The molecule has 14 atom stereocenters. The van der Waals surface area contributed by atoms with Gasteiger partial charge in [-0.25, -0.2) is 4.39 Å². The molecular formula is C42H53FO11. The van der Waals surface area contributed by atoms with Gasteiger partial charge < -0.3 is 30.6 Å². The van der Waals surface area contributed by atoms with Crippen LogP contribution in [0.2, 0.25) is 0 Å². The zero-order valence-electron chi connectivity index (χ0n) is 31.4. The van der Waals surface area contributed by atoms with Crippen molar-refractivity contribution < 1.29 is 59.0 Å². The second-order valence-electron chi connectivity index (χ2n) is 18.4. The van der Waals surface area contributed by atoms with Crippen LogP contribution < -0.4 is 0 Å². The molecule has 0 aromatic carbocycles. The van der Waals surface area contributed by atoms with Crippen LogP contribution in [0.15, 0.2) is 47.6 Å². The van der Waals surface area contributed by atoms with Crippen LogP contribution in [0.3, 0.4) is 0 Å². The normalized spacial score (nSPS) is 49.9. The minimum absolute atomic E-state index is 0.0135. The van der Waals surface area contributed by atoms with Crippen molar-refractivity contribution in [1.82, 2.24) is 0 Å². The number of carbonyl (C=O) groups is 5. The van der Waals surface area contributed by atoms with E-state index in [0.717, 1.165) is 18.4 Å². The number of rotatable bonds is 4. The summed E-state index contributed by atoms with van der Waals surface area (Å²) >= 11 is 0. The van der Waals surface area contributed by atoms with E-state index in [1.54, 1.807) is 26.0 Å². The summed E-state index contributed by atoms with van der Waals surface area (Å²) in [7, 11) is 0. The molecule has 0 bridgehead atoms. The van der Waals surface area contributed by atoms with E-state index in [2.05, 4.69) is 0 Å². The highest BCUT2D eigenvalue weighted by molar-refractivity contribution is 6.02. The summed E-state index contributed by atoms with van der Waals surface area (Å²) in [6, 6.07) is 0. The number of aliphatic hydroxyl groups is 6. The molecule has 0 heterocycles. The lowest BCUT2D eigenvalue weighted by atomic mass is 9.44. The fourth-order valence-corrected chi connectivity index (χ4v) is 13.5. The average Bonchev–Trinajstić information content (AvgIpc) is 3.51. The lowest BCUT2D eigenvalue weighted by Crippen LogP contribution is -2.69. The maximum absolute atomic E-state index is 16.8. The molecule has 8 aliphatic rings. The van der Waals surface area contributed by atoms with E-state index in [0.29, 0.717) is 31.3 Å². The summed E-state index contributed by atoms with van der Waals surface area (Å²) in [5.41, 5.74) is -7.98. The van der Waals surface area contributed by atoms with Gasteiger partial charge in [-0.15, -0.1) is 0 Å². The summed E-state index contributed by atoms with van der Waals surface area (Å²) in [4.78, 5) is 61.6. The number of hydrogen-bond donors (Lipinski definition) is 6. The lowest BCUT2D eigenvalue weighted by molar-refractivity contribution is -0.222. The van der Waals surface area contributed by atoms with Crippen LogP contribution >= 0.6 is 0 Å². The van der Waals surface area contributed by atoms with Crippen molar-refractivity contribution in [3.05, 3.63) is 47.6 Å². The number of hydrogen-bond acceptors (Lipinski definition) is 11. The van der Waals surface area contributed by atoms with E-state index < -0.39 is 87.4 Å². The molecule has 12 heteroatoms. The Bertz CT molecular complexity index is 1830. The second-order valence-corrected chi connectivity index (χ2v) is 18.4. The van der Waals surface area contributed by atoms with E-state index in [9.17, 15) is 54.6 Å². The molecule has 0 aliphatic heterocycles. The van der Waals surface area contributed by atoms with Crippen molar-refractivity contribution in [1.29, 1.82) is 0 Å². The molecule has 0 spiro atoms. The van der Waals surface area contributed by atoms with Crippen LogP contribution in [0, 0.1) is 51.2 Å². The van der Waals surface area contributed by atoms with E-state index in [4.69, 9.17) is 0 Å². The zero-order valence-corrected chi connectivity index (χ0v) is 31.4. The third-order valence-electron chi connectivity index (χ3n) is 16.4. The quantitative estimate of drug-likeness (QED) is 0.246. The van der Waals surface area contributed by atoms with Gasteiger partial charge in [-0.3, -0.25) is 24.0 Å². The Morgan fingerprint density at radius 1 is 0.778 bits per heavy atom. The van der Waals surface area contributed by atoms with Gasteiger partial charge in [-0.05, 0) is 100 Å². The number of alkyl halides is 1. The van der Waals surface area contributed by atoms with Crippen molar-refractivity contribution in [3.63, 3.8) is 0 Å². The van der Waals surface area contributed by atoms with Gasteiger partial charge in [0.1, 0.15) is 24.6 Å². The molecule has 8 aliphatic carbocycles. The highest BCUT2D eigenvalue weighted by atomic mass is 19.1. The predicted molar refractivity (Wildman–Crippen MR) is 191 cm³/mol. The van der Waals surface area contributed by atoms with E-state index in [-0.39, 0.29) is 54.4 Å². The number of carbonyl (C=O) groups excluding carboxylic acids is 5. The van der Waals surface area contributed by atoms with Gasteiger partial charge >= 0.3 is 0 Å². The molecule has 6 fully saturated rings. The van der Waals surface area contributed by atoms with Crippen molar-refractivity contribution in [2.45, 2.75) is 115 Å². The van der Waals surface area contributed by atoms with Gasteiger partial charge in [0.05, 0.1) is 12.2 Å². The Hall–Kier alpha value is -3.00. The lowest BCUT2D eigenvalue weighted by Gasteiger charge is -2.62. The van der Waals surface area contributed by atoms with Crippen LogP contribution in [0.25, 0.3) is 0 Å². The van der Waals surface area contributed by atoms with Gasteiger partial charge in [0.25, 0.3) is 0 Å². The van der Waals surface area contributed by atoms with Crippen LogP contribution in [-0.4, -0.2) is 102 Å². The second kappa shape index (κ2) is 12.5. The number of fused-ring (bicyclic) bond motifs is 10. The summed E-state index contributed by atoms with van der Waals surface area (Å²) in [6.45, 7) is 5.53. The van der Waals surface area contributed by atoms with Gasteiger partial charge in [0.15, 0.2) is 34.4 Å². The fourth-order valence-electron chi connectivity index (χ4n) is 13.5. The van der Waals surface area contributed by atoms with Crippen molar-refractivity contribution >= 4 is 28.9 Å². The number of ketones is 5. The number of Topliss-reactive ketones (excluding diaryl/α,β-unsaturated/α-hetero) is 3. The molecule has 54 heavy (non-hydrogen) atoms. The fraction of sp³-hybridized carbons (Fsp3) is 0.690. The Kier molecular flexibility index (Phi) is 9.08. The smallest absolute Gasteiger partial charge is 0.192 e. The van der Waals surface area contributed by atoms with Crippen LogP contribution in [0.1, 0.15) is 85.5 Å². The minimum Gasteiger partial charge on any atom is -0.390 e. The SMILES string of the molecule is C[C@]12C=CC(=O)C=C1CC[C@@H]1[C@@H]2C(=O)C[C@@]2(C)[C@H]1CC[C@]2(O)C(=O)CO.C[C@]12C=CC(=O)C=C1CC[C@H]1[C@@H]3C[C@@H](O)[C@](O)(C(=O)CO)[C@@]3(C)C[C@H](O)[C@@]12F. The van der Waals surface area contributed by atoms with Gasteiger partial charge in [0.2, 0.25) is 0 Å². The number of allylic oxidation sites excluding steroid dienone is 8. The molecular weight excluding hydrogens is 699 g/mol. The largest absolute Gasteiger partial charge is 0.390 e. The molecule has 294 valence electrons. The zero-order chi connectivity index (χ0) is 39.6. The van der Waals surface area contributed by atoms with Crippen molar-refractivity contribution in [2.24, 2.45) is 51.2 Å². The molecule has 0 aromatic heterocycles. The molecule has 8 rings (SSSR count). The van der Waals surface area contributed by atoms with Gasteiger partial charge in [-0.2, -0.15) is 0 Å². The van der Waals surface area contributed by atoms with Crippen LogP contribution in [-0.2, 0) is 24.0 Å². The number of halogens is 1. The first-order chi connectivity index (χ1) is 25.1. The van der Waals surface area contributed by atoms with Crippen LogP contribution in [0.5, 0.6) is 0 Å². The Balaban J connectivity index is 0.000000167. The Morgan fingerprint density at radius 3 is 2.04 bits per heavy atom. The monoisotopic (exact) mass is 752 g/mol. The molecule has 6 saturated carbocycles. The molecule has 0 amide bonds. The van der Waals surface area contributed by atoms with Crippen molar-refractivity contribution in [2.75, 3.05) is 13.2 Å². The molecule has 6 N–H and O–H groups in total. The van der Waals surface area contributed by atoms with Crippen LogP contribution in [0.4, 0.5) is 4.39 Å². The maximum atomic E-state index is 16.8. The maximum Gasteiger partial charge on any atom is 0.192 e. The van der Waals surface area contributed by atoms with Gasteiger partial charge in [-0.1, -0.05) is 44.1 Å². The average molecular weight is 753 g/mol. The summed E-state index contributed by atoms with van der Waals surface area (Å²) in [6.07, 6.45) is 9.75. The highest BCUT2D eigenvalue weighted by Crippen LogP contribution is 2.70. The molecule has 0 aromatic rings. The number of aliphatic hydroxyl groups excluding tert-OH is 4. The van der Waals surface area contributed by atoms with Crippen molar-refractivity contribution in [3.8, 4) is 0 Å². The van der Waals surface area contributed by atoms with E-state index in [1.807, 2.05) is 19.9 Å². The first-order valence-electron chi connectivity index (χ1n) is 19.3. The molecule has 11 nitrogen and oxygen atoms in total. The first kappa shape index (κ1) is 39.2. The summed E-state index contributed by atoms with van der Waals surface area (Å²) in [5, 5.41) is 62.6. The molecule has 0 radical (unpaired) electrons. The third-order valence-corrected chi connectivity index (χ3v) is 16.4. The summed E-state index contributed by atoms with van der Waals surface area (Å²) < 4.78 is 16.8. The van der Waals surface area contributed by atoms with E-state index >= 15 is 4.39 Å². The summed E-state index contributed by atoms with van der Waals surface area (Å²) in [5.74, 6) is -2.97. The molecule has 0 unspecified atom stereocenters. The Labute approximate surface area is 314 Å². The first-order valence-corrected chi connectivity index (χ1v) is 19.3. The predicted octanol–water partition coefficient (Wildman–Crippen LogP) is 2.39. The standard InChI is InChI=1S/C21H27FO6.C21H26O5/c1-18-6-5-12(24)7-11(18)3-4-13-14-8-15(25)21(28,17(27)10-23)19(14,2)9-16(26)20(13,18)22;1-19-7-5-13(23)9-12(19)3-4-14-15-6-8-21(26,17(25)11-22)20(15,2)10-16(24)18(14)19/h5-7,13-16,23,25-26,28H,3-4,8-10H2,1-2H3;5,7,9,14-15,18,22,26H,3-4,6,8,10-11H2,1-2H3/t13-,14-,15+,16-,18-,19-,20-,21-;14-,15-,18+,19-,20-,21-/m00/s1. The topological polar surface area (TPSA) is 207 Å². The van der Waals surface area contributed by atoms with E-state index in [1.165, 1.54) is 18.2 Å². The van der Waals surface area contributed by atoms with Gasteiger partial charge in [0, 0.05) is 39.9 Å². The minimum atomic E-state index is -2.23.